The molecule has 0 bridgehead atoms. The first-order chi connectivity index (χ1) is 13.7. The summed E-state index contributed by atoms with van der Waals surface area (Å²) < 4.78 is 13.2. The van der Waals surface area contributed by atoms with Crippen LogP contribution in [0.25, 0.3) is 11.3 Å². The maximum absolute atomic E-state index is 13.2. The largest absolute Gasteiger partial charge is 0.396 e. The van der Waals surface area contributed by atoms with Crippen LogP contribution in [0.4, 0.5) is 4.39 Å². The van der Waals surface area contributed by atoms with Gasteiger partial charge in [0.15, 0.2) is 0 Å². The number of nitrogens with one attached hydrogen (secondary N) is 1. The Bertz CT molecular complexity index is 865. The number of aliphatic hydroxyl groups excluding tert-OH is 1. The number of H-pyrrole nitrogens is 1. The van der Waals surface area contributed by atoms with Gasteiger partial charge in [-0.15, -0.1) is 0 Å². The number of aromatic nitrogens is 2. The number of nitrogens with zero attached hydrogens (tertiary/aromatic N) is 3. The van der Waals surface area contributed by atoms with Crippen molar-refractivity contribution in [3.63, 3.8) is 0 Å². The van der Waals surface area contributed by atoms with E-state index in [1.165, 1.54) is 17.7 Å². The third kappa shape index (κ3) is 4.50. The molecule has 0 spiro atoms. The van der Waals surface area contributed by atoms with E-state index in [1.807, 2.05) is 6.20 Å². The van der Waals surface area contributed by atoms with Crippen molar-refractivity contribution in [3.05, 3.63) is 64.2 Å². The molecule has 28 heavy (non-hydrogen) atoms. The van der Waals surface area contributed by atoms with E-state index in [1.54, 1.807) is 23.5 Å². The summed E-state index contributed by atoms with van der Waals surface area (Å²) in [6.45, 7) is 4.79. The van der Waals surface area contributed by atoms with E-state index in [-0.39, 0.29) is 12.4 Å². The van der Waals surface area contributed by atoms with Crippen LogP contribution in [0.3, 0.4) is 0 Å². The molecule has 3 aromatic rings. The summed E-state index contributed by atoms with van der Waals surface area (Å²) in [5.41, 5.74) is 4.34. The Hall–Kier alpha value is -2.06. The minimum absolute atomic E-state index is 0.200. The second-order valence-corrected chi connectivity index (χ2v) is 8.06. The quantitative estimate of drug-likeness (QED) is 0.639. The van der Waals surface area contributed by atoms with Gasteiger partial charge < -0.3 is 5.11 Å². The maximum atomic E-state index is 13.2. The zero-order valence-corrected chi connectivity index (χ0v) is 16.5. The summed E-state index contributed by atoms with van der Waals surface area (Å²) >= 11 is 1.73. The highest BCUT2D eigenvalue weighted by Crippen LogP contribution is 2.25. The summed E-state index contributed by atoms with van der Waals surface area (Å²) in [5, 5.41) is 21.1. The molecule has 3 heterocycles. The van der Waals surface area contributed by atoms with Crippen LogP contribution < -0.4 is 0 Å². The van der Waals surface area contributed by atoms with Crippen molar-refractivity contribution in [2.45, 2.75) is 25.6 Å². The van der Waals surface area contributed by atoms with Crippen LogP contribution in [-0.2, 0) is 13.1 Å². The molecular weight excluding hydrogens is 375 g/mol. The van der Waals surface area contributed by atoms with Crippen molar-refractivity contribution in [1.82, 2.24) is 20.0 Å². The minimum Gasteiger partial charge on any atom is -0.396 e. The molecule has 0 amide bonds. The zero-order valence-electron chi connectivity index (χ0n) is 15.7. The number of aliphatic hydroxyl groups is 1. The summed E-state index contributed by atoms with van der Waals surface area (Å²) in [4.78, 5) is 4.90. The highest BCUT2D eigenvalue weighted by Gasteiger charge is 2.27. The van der Waals surface area contributed by atoms with Gasteiger partial charge in [0.1, 0.15) is 5.82 Å². The molecule has 0 radical (unpaired) electrons. The maximum Gasteiger partial charge on any atom is 0.123 e. The fourth-order valence-corrected chi connectivity index (χ4v) is 4.55. The SMILES string of the molecule is OCC[C@H]1CN(Cc2cn[nH]c2-c2ccc(F)cc2)CCN1Cc1ccsc1. The van der Waals surface area contributed by atoms with E-state index >= 15 is 0 Å². The normalized spacial score (nSPS) is 18.6. The zero-order chi connectivity index (χ0) is 19.3. The number of piperazine rings is 1. The van der Waals surface area contributed by atoms with E-state index in [2.05, 4.69) is 36.8 Å². The molecule has 5 nitrogen and oxygen atoms in total. The van der Waals surface area contributed by atoms with Crippen LogP contribution in [-0.4, -0.2) is 57.4 Å². The summed E-state index contributed by atoms with van der Waals surface area (Å²) in [7, 11) is 0. The van der Waals surface area contributed by atoms with Crippen molar-refractivity contribution in [2.24, 2.45) is 0 Å². The topological polar surface area (TPSA) is 55.4 Å². The Kier molecular flexibility index (Phi) is 6.17. The van der Waals surface area contributed by atoms with E-state index in [0.29, 0.717) is 6.04 Å². The molecular formula is C21H25FN4OS. The average Bonchev–Trinajstić information content (AvgIpc) is 3.37. The molecule has 1 saturated heterocycles. The van der Waals surface area contributed by atoms with E-state index < -0.39 is 0 Å². The molecule has 2 N–H and O–H groups in total. The van der Waals surface area contributed by atoms with Gasteiger partial charge in [-0.25, -0.2) is 4.39 Å². The number of thiophene rings is 1. The Labute approximate surface area is 168 Å². The molecule has 0 saturated carbocycles. The Morgan fingerprint density at radius 1 is 1.18 bits per heavy atom. The molecule has 1 aliphatic heterocycles. The van der Waals surface area contributed by atoms with Gasteiger partial charge in [-0.1, -0.05) is 0 Å². The fraction of sp³-hybridized carbons (Fsp3) is 0.381. The van der Waals surface area contributed by atoms with Crippen LogP contribution in [0.15, 0.2) is 47.3 Å². The highest BCUT2D eigenvalue weighted by molar-refractivity contribution is 7.07. The van der Waals surface area contributed by atoms with Crippen LogP contribution in [0.2, 0.25) is 0 Å². The lowest BCUT2D eigenvalue weighted by Gasteiger charge is -2.41. The lowest BCUT2D eigenvalue weighted by Crippen LogP contribution is -2.52. The molecule has 7 heteroatoms. The van der Waals surface area contributed by atoms with Gasteiger partial charge in [0.2, 0.25) is 0 Å². The lowest BCUT2D eigenvalue weighted by molar-refractivity contribution is 0.0501. The number of rotatable bonds is 7. The number of hydrogen-bond acceptors (Lipinski definition) is 5. The standard InChI is InChI=1S/C21H25FN4OS/c22-19-3-1-17(2-4-19)21-18(11-23-24-21)13-25-7-8-26(20(14-25)5-9-27)12-16-6-10-28-15-16/h1-4,6,10-11,15,20,27H,5,7-9,12-14H2,(H,23,24)/t20-/m0/s1. The molecule has 1 aromatic carbocycles. The van der Waals surface area contributed by atoms with Crippen molar-refractivity contribution in [1.29, 1.82) is 0 Å². The molecule has 4 rings (SSSR count). The Morgan fingerprint density at radius 3 is 2.79 bits per heavy atom. The van der Waals surface area contributed by atoms with Gasteiger partial charge in [0.25, 0.3) is 0 Å². The van der Waals surface area contributed by atoms with Gasteiger partial charge in [-0.3, -0.25) is 14.9 Å². The first-order valence-electron chi connectivity index (χ1n) is 9.59. The van der Waals surface area contributed by atoms with Crippen LogP contribution >= 0.6 is 11.3 Å². The van der Waals surface area contributed by atoms with Gasteiger partial charge in [0.05, 0.1) is 11.9 Å². The fourth-order valence-electron chi connectivity index (χ4n) is 3.89. The highest BCUT2D eigenvalue weighted by atomic mass is 32.1. The van der Waals surface area contributed by atoms with Gasteiger partial charge in [-0.05, 0) is 53.1 Å². The van der Waals surface area contributed by atoms with Crippen molar-refractivity contribution in [2.75, 3.05) is 26.2 Å². The molecule has 0 aliphatic carbocycles. The third-order valence-corrected chi connectivity index (χ3v) is 6.09. The number of aromatic amines is 1. The average molecular weight is 401 g/mol. The molecule has 1 atom stereocenters. The number of benzene rings is 1. The van der Waals surface area contributed by atoms with Crippen molar-refractivity contribution >= 4 is 11.3 Å². The molecule has 1 aliphatic rings. The van der Waals surface area contributed by atoms with Crippen molar-refractivity contribution < 1.29 is 9.50 Å². The minimum atomic E-state index is -0.238. The van der Waals surface area contributed by atoms with Crippen molar-refractivity contribution in [3.8, 4) is 11.3 Å². The van der Waals surface area contributed by atoms with Gasteiger partial charge in [0, 0.05) is 56.5 Å². The smallest absolute Gasteiger partial charge is 0.123 e. The summed E-state index contributed by atoms with van der Waals surface area (Å²) in [5.74, 6) is -0.238. The third-order valence-electron chi connectivity index (χ3n) is 5.36. The van der Waals surface area contributed by atoms with Gasteiger partial charge >= 0.3 is 0 Å². The number of hydrogen-bond donors (Lipinski definition) is 2. The Balaban J connectivity index is 1.43. The van der Waals surface area contributed by atoms with Crippen LogP contribution in [0, 0.1) is 5.82 Å². The first kappa shape index (κ1) is 19.3. The summed E-state index contributed by atoms with van der Waals surface area (Å²) in [6, 6.07) is 9.01. The van der Waals surface area contributed by atoms with Crippen LogP contribution in [0.5, 0.6) is 0 Å². The van der Waals surface area contributed by atoms with Gasteiger partial charge in [-0.2, -0.15) is 16.4 Å². The molecule has 148 valence electrons. The number of halogens is 1. The predicted molar refractivity (Wildman–Crippen MR) is 109 cm³/mol. The second-order valence-electron chi connectivity index (χ2n) is 7.28. The van der Waals surface area contributed by atoms with E-state index in [4.69, 9.17) is 0 Å². The monoisotopic (exact) mass is 400 g/mol. The van der Waals surface area contributed by atoms with E-state index in [0.717, 1.165) is 56.0 Å². The molecule has 0 unspecified atom stereocenters. The van der Waals surface area contributed by atoms with Crippen LogP contribution in [0.1, 0.15) is 17.5 Å². The molecule has 1 fully saturated rings. The first-order valence-corrected chi connectivity index (χ1v) is 10.5. The predicted octanol–water partition coefficient (Wildman–Crippen LogP) is 3.35. The summed E-state index contributed by atoms with van der Waals surface area (Å²) in [6.07, 6.45) is 2.63. The second kappa shape index (κ2) is 8.96. The van der Waals surface area contributed by atoms with E-state index in [9.17, 15) is 9.50 Å². The Morgan fingerprint density at radius 2 is 2.04 bits per heavy atom. The lowest BCUT2D eigenvalue weighted by atomic mass is 10.0. The molecule has 2 aromatic heterocycles.